The molecule has 2 rings (SSSR count). The van der Waals surface area contributed by atoms with E-state index in [0.717, 1.165) is 18.7 Å². The second kappa shape index (κ2) is 4.42. The second-order valence-corrected chi connectivity index (χ2v) is 7.26. The van der Waals surface area contributed by atoms with Crippen molar-refractivity contribution in [3.8, 4) is 0 Å². The molecule has 0 saturated carbocycles. The zero-order chi connectivity index (χ0) is 12.5. The first-order valence-corrected chi connectivity index (χ1v) is 7.78. The maximum Gasteiger partial charge on any atom is 0.157 e. The zero-order valence-electron chi connectivity index (χ0n) is 10.4. The smallest absolute Gasteiger partial charge is 0.157 e. The van der Waals surface area contributed by atoms with Crippen LogP contribution >= 0.6 is 0 Å². The molecule has 0 aliphatic carbocycles. The van der Waals surface area contributed by atoms with Crippen molar-refractivity contribution in [1.29, 1.82) is 0 Å². The summed E-state index contributed by atoms with van der Waals surface area (Å²) in [7, 11) is -1.05. The zero-order valence-corrected chi connectivity index (χ0v) is 11.2. The van der Waals surface area contributed by atoms with Gasteiger partial charge in [-0.2, -0.15) is 0 Å². The Kier molecular flexibility index (Phi) is 3.27. The highest BCUT2D eigenvalue weighted by molar-refractivity contribution is 7.91. The number of hydrogen-bond donors (Lipinski definition) is 0. The van der Waals surface area contributed by atoms with Crippen LogP contribution in [-0.4, -0.2) is 39.7 Å². The number of sulfone groups is 1. The Morgan fingerprint density at radius 3 is 2.12 bits per heavy atom. The third-order valence-electron chi connectivity index (χ3n) is 3.80. The van der Waals surface area contributed by atoms with Gasteiger partial charge in [-0.1, -0.05) is 30.3 Å². The summed E-state index contributed by atoms with van der Waals surface area (Å²) in [6.07, 6.45) is 2.74. The van der Waals surface area contributed by atoms with Gasteiger partial charge < -0.3 is 4.90 Å². The van der Waals surface area contributed by atoms with E-state index in [-0.39, 0.29) is 0 Å². The molecule has 0 aromatic heterocycles. The molecule has 4 heteroatoms. The summed E-state index contributed by atoms with van der Waals surface area (Å²) in [4.78, 5) is 2.19. The normalized spacial score (nSPS) is 21.3. The molecule has 0 amide bonds. The first-order chi connectivity index (χ1) is 7.96. The molecule has 94 valence electrons. The van der Waals surface area contributed by atoms with Crippen LogP contribution < -0.4 is 0 Å². The summed E-state index contributed by atoms with van der Waals surface area (Å²) in [6.45, 7) is 1.67. The lowest BCUT2D eigenvalue weighted by atomic mass is 9.88. The van der Waals surface area contributed by atoms with Crippen molar-refractivity contribution in [3.05, 3.63) is 35.9 Å². The molecule has 0 spiro atoms. The molecule has 1 aliphatic rings. The van der Waals surface area contributed by atoms with Crippen LogP contribution in [0.2, 0.25) is 0 Å². The molecule has 1 fully saturated rings. The van der Waals surface area contributed by atoms with Crippen molar-refractivity contribution in [1.82, 2.24) is 4.90 Å². The number of nitrogens with zero attached hydrogens (tertiary/aromatic N) is 1. The average molecular weight is 253 g/mol. The molecule has 0 radical (unpaired) electrons. The molecule has 1 aliphatic heterocycles. The topological polar surface area (TPSA) is 37.4 Å². The highest BCUT2D eigenvalue weighted by Crippen LogP contribution is 2.39. The Balaban J connectivity index is 2.46. The minimum atomic E-state index is -3.09. The van der Waals surface area contributed by atoms with Crippen LogP contribution in [0, 0.1) is 0 Å². The van der Waals surface area contributed by atoms with Crippen LogP contribution in [0.5, 0.6) is 0 Å². The summed E-state index contributed by atoms with van der Waals surface area (Å²) >= 11 is 0. The molecule has 3 nitrogen and oxygen atoms in total. The monoisotopic (exact) mass is 253 g/mol. The summed E-state index contributed by atoms with van der Waals surface area (Å²) < 4.78 is 23.7. The maximum atomic E-state index is 12.2. The number of likely N-dealkylation sites (tertiary alicyclic amines) is 1. The molecule has 1 aromatic carbocycles. The fourth-order valence-corrected chi connectivity index (χ4v) is 4.08. The van der Waals surface area contributed by atoms with Crippen molar-refractivity contribution >= 4 is 9.84 Å². The van der Waals surface area contributed by atoms with Gasteiger partial charge in [0.1, 0.15) is 0 Å². The molecular formula is C13H19NO2S. The minimum Gasteiger partial charge on any atom is -0.306 e. The molecule has 0 atom stereocenters. The van der Waals surface area contributed by atoms with Crippen molar-refractivity contribution in [2.45, 2.75) is 17.6 Å². The summed E-state index contributed by atoms with van der Waals surface area (Å²) in [5.74, 6) is 0. The number of rotatable bonds is 2. The van der Waals surface area contributed by atoms with Gasteiger partial charge in [-0.25, -0.2) is 8.42 Å². The van der Waals surface area contributed by atoms with Crippen molar-refractivity contribution < 1.29 is 8.42 Å². The Hall–Kier alpha value is -0.870. The van der Waals surface area contributed by atoms with Gasteiger partial charge in [0.05, 0.1) is 4.75 Å². The first kappa shape index (κ1) is 12.6. The van der Waals surface area contributed by atoms with Crippen molar-refractivity contribution in [3.63, 3.8) is 0 Å². The lowest BCUT2D eigenvalue weighted by molar-refractivity contribution is 0.233. The van der Waals surface area contributed by atoms with Crippen molar-refractivity contribution in [2.24, 2.45) is 0 Å². The molecule has 0 unspecified atom stereocenters. The van der Waals surface area contributed by atoms with Crippen LogP contribution in [0.25, 0.3) is 0 Å². The summed E-state index contributed by atoms with van der Waals surface area (Å²) in [6, 6.07) is 9.63. The van der Waals surface area contributed by atoms with E-state index >= 15 is 0 Å². The standard InChI is InChI=1S/C13H19NO2S/c1-14-10-8-13(9-11-14,17(2,15)16)12-6-4-3-5-7-12/h3-7H,8-11H2,1-2H3. The Morgan fingerprint density at radius 2 is 1.65 bits per heavy atom. The second-order valence-electron chi connectivity index (χ2n) is 4.94. The van der Waals surface area contributed by atoms with Gasteiger partial charge in [0.2, 0.25) is 0 Å². The van der Waals surface area contributed by atoms with E-state index in [0.29, 0.717) is 12.8 Å². The molecule has 1 aromatic rings. The third-order valence-corrected chi connectivity index (χ3v) is 5.87. The van der Waals surface area contributed by atoms with E-state index in [1.54, 1.807) is 0 Å². The highest BCUT2D eigenvalue weighted by Gasteiger charge is 2.44. The molecule has 1 saturated heterocycles. The number of piperidine rings is 1. The average Bonchev–Trinajstić information content (AvgIpc) is 2.30. The largest absolute Gasteiger partial charge is 0.306 e. The van der Waals surface area contributed by atoms with Crippen LogP contribution in [0.1, 0.15) is 18.4 Å². The molecular weight excluding hydrogens is 234 g/mol. The van der Waals surface area contributed by atoms with Crippen LogP contribution in [-0.2, 0) is 14.6 Å². The van der Waals surface area contributed by atoms with E-state index in [4.69, 9.17) is 0 Å². The SMILES string of the molecule is CN1CCC(c2ccccc2)(S(C)(=O)=O)CC1. The van der Waals surface area contributed by atoms with E-state index in [1.807, 2.05) is 37.4 Å². The van der Waals surface area contributed by atoms with Crippen LogP contribution in [0.4, 0.5) is 0 Å². The third kappa shape index (κ3) is 2.24. The Morgan fingerprint density at radius 1 is 1.12 bits per heavy atom. The lowest BCUT2D eigenvalue weighted by Crippen LogP contribution is -2.45. The van der Waals surface area contributed by atoms with Gasteiger partial charge in [0.15, 0.2) is 9.84 Å². The Bertz CT molecular complexity index is 473. The molecule has 17 heavy (non-hydrogen) atoms. The van der Waals surface area contributed by atoms with E-state index in [1.165, 1.54) is 6.26 Å². The molecule has 1 heterocycles. The summed E-state index contributed by atoms with van der Waals surface area (Å²) in [5, 5.41) is 0. The fraction of sp³-hybridized carbons (Fsp3) is 0.538. The lowest BCUT2D eigenvalue weighted by Gasteiger charge is -2.39. The maximum absolute atomic E-state index is 12.2. The van der Waals surface area contributed by atoms with E-state index < -0.39 is 14.6 Å². The van der Waals surface area contributed by atoms with Gasteiger partial charge >= 0.3 is 0 Å². The fourth-order valence-electron chi connectivity index (χ4n) is 2.60. The van der Waals surface area contributed by atoms with Crippen LogP contribution in [0.15, 0.2) is 30.3 Å². The minimum absolute atomic E-state index is 0.680. The van der Waals surface area contributed by atoms with E-state index in [2.05, 4.69) is 4.90 Å². The highest BCUT2D eigenvalue weighted by atomic mass is 32.2. The first-order valence-electron chi connectivity index (χ1n) is 5.89. The predicted octanol–water partition coefficient (Wildman–Crippen LogP) is 1.65. The quantitative estimate of drug-likeness (QED) is 0.804. The molecule has 0 N–H and O–H groups in total. The predicted molar refractivity (Wildman–Crippen MR) is 69.7 cm³/mol. The van der Waals surface area contributed by atoms with Gasteiger partial charge in [-0.05, 0) is 38.5 Å². The van der Waals surface area contributed by atoms with Gasteiger partial charge in [0, 0.05) is 6.26 Å². The van der Waals surface area contributed by atoms with Crippen LogP contribution in [0.3, 0.4) is 0 Å². The van der Waals surface area contributed by atoms with Crippen molar-refractivity contribution in [2.75, 3.05) is 26.4 Å². The van der Waals surface area contributed by atoms with Gasteiger partial charge in [-0.3, -0.25) is 0 Å². The Labute approximate surface area is 103 Å². The van der Waals surface area contributed by atoms with E-state index in [9.17, 15) is 8.42 Å². The number of benzene rings is 1. The molecule has 0 bridgehead atoms. The number of hydrogen-bond acceptors (Lipinski definition) is 3. The van der Waals surface area contributed by atoms with Gasteiger partial charge in [0.25, 0.3) is 0 Å². The summed E-state index contributed by atoms with van der Waals surface area (Å²) in [5.41, 5.74) is 0.940. The van der Waals surface area contributed by atoms with Gasteiger partial charge in [-0.15, -0.1) is 0 Å².